The number of thiophene rings is 1. The number of fused-ring (bicyclic) bond motifs is 1. The number of carbonyl (C=O) groups is 1. The summed E-state index contributed by atoms with van der Waals surface area (Å²) in [6, 6.07) is 8.18. The van der Waals surface area contributed by atoms with E-state index in [2.05, 4.69) is 21.2 Å². The van der Waals surface area contributed by atoms with Gasteiger partial charge >= 0.3 is 0 Å². The van der Waals surface area contributed by atoms with Crippen LogP contribution in [0.3, 0.4) is 0 Å². The molecule has 1 aliphatic heterocycles. The molecule has 0 unspecified atom stereocenters. The first-order valence-electron chi connectivity index (χ1n) is 11.1. The molecule has 1 aromatic heterocycles. The molecule has 8 heteroatoms. The first kappa shape index (κ1) is 22.6. The lowest BCUT2D eigenvalue weighted by molar-refractivity contribution is -0.116. The van der Waals surface area contributed by atoms with E-state index in [1.54, 1.807) is 25.6 Å². The molecule has 1 aliphatic carbocycles. The van der Waals surface area contributed by atoms with Crippen molar-refractivity contribution in [3.8, 4) is 17.6 Å². The number of hydrogen-bond donors (Lipinski definition) is 1. The van der Waals surface area contributed by atoms with Crippen LogP contribution in [0.15, 0.2) is 18.2 Å². The van der Waals surface area contributed by atoms with Crippen molar-refractivity contribution >= 4 is 22.2 Å². The zero-order valence-electron chi connectivity index (χ0n) is 18.8. The molecule has 2 aliphatic rings. The third-order valence-corrected chi connectivity index (χ3v) is 7.49. The van der Waals surface area contributed by atoms with E-state index in [1.165, 1.54) is 4.88 Å². The number of piperazine rings is 1. The van der Waals surface area contributed by atoms with Crippen LogP contribution in [0.25, 0.3) is 0 Å². The third-order valence-electron chi connectivity index (χ3n) is 6.29. The van der Waals surface area contributed by atoms with Crippen molar-refractivity contribution in [1.82, 2.24) is 9.80 Å². The molecule has 170 valence electrons. The second-order valence-electron chi connectivity index (χ2n) is 8.27. The number of nitrogens with one attached hydrogen (secondary N) is 1. The fourth-order valence-corrected chi connectivity index (χ4v) is 5.73. The second-order valence-corrected chi connectivity index (χ2v) is 9.37. The number of nitriles is 1. The van der Waals surface area contributed by atoms with Gasteiger partial charge in [-0.05, 0) is 43.0 Å². The average Bonchev–Trinajstić information content (AvgIpc) is 3.39. The number of aryl methyl sites for hydroxylation is 1. The zero-order chi connectivity index (χ0) is 22.5. The van der Waals surface area contributed by atoms with Crippen LogP contribution in [0.2, 0.25) is 0 Å². The fraction of sp³-hybridized carbons (Fsp3) is 0.500. The maximum atomic E-state index is 12.5. The fourth-order valence-electron chi connectivity index (χ4n) is 4.48. The number of carbonyl (C=O) groups excluding carboxylic acids is 1. The standard InChI is InChI=1S/C24H30N4O3S/c1-30-18-6-7-21(31-2)17(14-18)16-28-12-10-27(11-13-28)9-8-23(29)26-24-20(15-25)19-4-3-5-22(19)32-24/h6-7,14H,3-5,8-13,16H2,1-2H3,(H,26,29). The number of amides is 1. The highest BCUT2D eigenvalue weighted by Crippen LogP contribution is 2.38. The molecule has 0 spiro atoms. The molecular weight excluding hydrogens is 424 g/mol. The monoisotopic (exact) mass is 454 g/mol. The number of ether oxygens (including phenoxy) is 2. The van der Waals surface area contributed by atoms with E-state index >= 15 is 0 Å². The van der Waals surface area contributed by atoms with E-state index < -0.39 is 0 Å². The van der Waals surface area contributed by atoms with Gasteiger partial charge in [0.25, 0.3) is 0 Å². The summed E-state index contributed by atoms with van der Waals surface area (Å²) >= 11 is 1.58. The minimum atomic E-state index is -0.00929. The largest absolute Gasteiger partial charge is 0.497 e. The van der Waals surface area contributed by atoms with Crippen molar-refractivity contribution in [3.63, 3.8) is 0 Å². The van der Waals surface area contributed by atoms with Crippen molar-refractivity contribution in [2.45, 2.75) is 32.2 Å². The maximum absolute atomic E-state index is 12.5. The molecule has 1 N–H and O–H groups in total. The normalized spacial score (nSPS) is 16.4. The molecule has 2 aromatic rings. The molecule has 1 saturated heterocycles. The van der Waals surface area contributed by atoms with Crippen molar-refractivity contribution in [3.05, 3.63) is 39.8 Å². The van der Waals surface area contributed by atoms with Gasteiger partial charge in [0.15, 0.2) is 0 Å². The Morgan fingerprint density at radius 3 is 2.66 bits per heavy atom. The molecule has 7 nitrogen and oxygen atoms in total. The Morgan fingerprint density at radius 1 is 1.16 bits per heavy atom. The van der Waals surface area contributed by atoms with Gasteiger partial charge in [-0.3, -0.25) is 9.69 Å². The predicted molar refractivity (Wildman–Crippen MR) is 126 cm³/mol. The van der Waals surface area contributed by atoms with E-state index in [-0.39, 0.29) is 5.91 Å². The summed E-state index contributed by atoms with van der Waals surface area (Å²) in [5.74, 6) is 1.70. The van der Waals surface area contributed by atoms with Crippen LogP contribution in [0, 0.1) is 11.3 Å². The number of methoxy groups -OCH3 is 2. The molecule has 0 radical (unpaired) electrons. The Hall–Kier alpha value is -2.60. The highest BCUT2D eigenvalue weighted by Gasteiger charge is 2.24. The molecule has 1 amide bonds. The van der Waals surface area contributed by atoms with E-state index in [0.29, 0.717) is 12.0 Å². The second kappa shape index (κ2) is 10.3. The van der Waals surface area contributed by atoms with Gasteiger partial charge in [0, 0.05) is 56.1 Å². The first-order valence-corrected chi connectivity index (χ1v) is 11.9. The van der Waals surface area contributed by atoms with Crippen LogP contribution in [0.1, 0.15) is 34.4 Å². The molecule has 0 bridgehead atoms. The molecular formula is C24H30N4O3S. The van der Waals surface area contributed by atoms with E-state index in [1.807, 2.05) is 18.2 Å². The smallest absolute Gasteiger partial charge is 0.226 e. The van der Waals surface area contributed by atoms with Gasteiger partial charge < -0.3 is 19.7 Å². The number of nitrogens with zero attached hydrogens (tertiary/aromatic N) is 3. The van der Waals surface area contributed by atoms with Crippen LogP contribution >= 0.6 is 11.3 Å². The van der Waals surface area contributed by atoms with Gasteiger partial charge in [0.05, 0.1) is 19.8 Å². The summed E-state index contributed by atoms with van der Waals surface area (Å²) in [5.41, 5.74) is 2.95. The zero-order valence-corrected chi connectivity index (χ0v) is 19.6. The molecule has 1 aromatic carbocycles. The van der Waals surface area contributed by atoms with Crippen LogP contribution in [-0.2, 0) is 24.2 Å². The number of rotatable bonds is 8. The SMILES string of the molecule is COc1ccc(OC)c(CN2CCN(CCC(=O)Nc3sc4c(c3C#N)CCC4)CC2)c1. The quantitative estimate of drug-likeness (QED) is 0.660. The Morgan fingerprint density at radius 2 is 1.94 bits per heavy atom. The van der Waals surface area contributed by atoms with E-state index in [4.69, 9.17) is 9.47 Å². The molecule has 32 heavy (non-hydrogen) atoms. The summed E-state index contributed by atoms with van der Waals surface area (Å²) in [5, 5.41) is 13.2. The van der Waals surface area contributed by atoms with Gasteiger partial charge in [-0.25, -0.2) is 0 Å². The van der Waals surface area contributed by atoms with Crippen molar-refractivity contribution < 1.29 is 14.3 Å². The lowest BCUT2D eigenvalue weighted by Crippen LogP contribution is -2.46. The predicted octanol–water partition coefficient (Wildman–Crippen LogP) is 3.27. The number of benzene rings is 1. The lowest BCUT2D eigenvalue weighted by atomic mass is 10.1. The maximum Gasteiger partial charge on any atom is 0.226 e. The van der Waals surface area contributed by atoms with Crippen molar-refractivity contribution in [2.24, 2.45) is 0 Å². The summed E-state index contributed by atoms with van der Waals surface area (Å²) in [7, 11) is 3.37. The van der Waals surface area contributed by atoms with Crippen LogP contribution in [-0.4, -0.2) is 62.7 Å². The van der Waals surface area contributed by atoms with Crippen LogP contribution < -0.4 is 14.8 Å². The van der Waals surface area contributed by atoms with Gasteiger partial charge in [0.2, 0.25) is 5.91 Å². The summed E-state index contributed by atoms with van der Waals surface area (Å²) in [4.78, 5) is 18.5. The van der Waals surface area contributed by atoms with Crippen molar-refractivity contribution in [1.29, 1.82) is 5.26 Å². The Bertz CT molecular complexity index is 1010. The summed E-state index contributed by atoms with van der Waals surface area (Å²) in [6.45, 7) is 5.28. The number of hydrogen-bond acceptors (Lipinski definition) is 7. The topological polar surface area (TPSA) is 77.8 Å². The van der Waals surface area contributed by atoms with E-state index in [0.717, 1.165) is 86.2 Å². The lowest BCUT2D eigenvalue weighted by Gasteiger charge is -2.34. The summed E-state index contributed by atoms with van der Waals surface area (Å²) in [6.07, 6.45) is 3.53. The van der Waals surface area contributed by atoms with Crippen molar-refractivity contribution in [2.75, 3.05) is 52.3 Å². The molecule has 1 fully saturated rings. The Balaban J connectivity index is 1.24. The first-order chi connectivity index (χ1) is 15.6. The Labute approximate surface area is 193 Å². The van der Waals surface area contributed by atoms with E-state index in [9.17, 15) is 10.1 Å². The Kier molecular flexibility index (Phi) is 7.30. The number of anilines is 1. The third kappa shape index (κ3) is 5.07. The average molecular weight is 455 g/mol. The van der Waals surface area contributed by atoms with Gasteiger partial charge in [0.1, 0.15) is 22.6 Å². The molecule has 0 saturated carbocycles. The van der Waals surface area contributed by atoms with Gasteiger partial charge in [-0.1, -0.05) is 0 Å². The molecule has 2 heterocycles. The van der Waals surface area contributed by atoms with Gasteiger partial charge in [-0.2, -0.15) is 5.26 Å². The minimum absolute atomic E-state index is 0.00929. The summed E-state index contributed by atoms with van der Waals surface area (Å²) < 4.78 is 10.9. The minimum Gasteiger partial charge on any atom is -0.497 e. The highest BCUT2D eigenvalue weighted by molar-refractivity contribution is 7.16. The highest BCUT2D eigenvalue weighted by atomic mass is 32.1. The van der Waals surface area contributed by atoms with Crippen LogP contribution in [0.4, 0.5) is 5.00 Å². The molecule has 4 rings (SSSR count). The van der Waals surface area contributed by atoms with Crippen LogP contribution in [0.5, 0.6) is 11.5 Å². The van der Waals surface area contributed by atoms with Gasteiger partial charge in [-0.15, -0.1) is 11.3 Å². The molecule has 0 atom stereocenters.